The summed E-state index contributed by atoms with van der Waals surface area (Å²) in [6.45, 7) is 3.70. The Kier molecular flexibility index (Phi) is 5.01. The van der Waals surface area contributed by atoms with Crippen LogP contribution in [0.15, 0.2) is 36.9 Å². The molecule has 5 rings (SSSR count). The lowest BCUT2D eigenvalue weighted by molar-refractivity contribution is -0.122. The van der Waals surface area contributed by atoms with E-state index in [1.54, 1.807) is 12.5 Å². The first-order chi connectivity index (χ1) is 15.1. The zero-order valence-corrected chi connectivity index (χ0v) is 17.7. The van der Waals surface area contributed by atoms with Crippen molar-refractivity contribution >= 4 is 11.7 Å². The molecule has 3 aromatic rings. The molecule has 0 aliphatic carbocycles. The maximum absolute atomic E-state index is 13.0. The van der Waals surface area contributed by atoms with Crippen LogP contribution in [0.5, 0.6) is 11.5 Å². The lowest BCUT2D eigenvalue weighted by Gasteiger charge is -2.24. The van der Waals surface area contributed by atoms with E-state index in [0.717, 1.165) is 60.3 Å². The summed E-state index contributed by atoms with van der Waals surface area (Å²) in [5, 5.41) is 3.11. The van der Waals surface area contributed by atoms with Gasteiger partial charge in [0.05, 0.1) is 5.69 Å². The van der Waals surface area contributed by atoms with Gasteiger partial charge in [-0.2, -0.15) is 4.98 Å². The van der Waals surface area contributed by atoms with Gasteiger partial charge < -0.3 is 24.3 Å². The average Bonchev–Trinajstić information content (AvgIpc) is 3.56. The Morgan fingerprint density at radius 1 is 1.29 bits per heavy atom. The van der Waals surface area contributed by atoms with Gasteiger partial charge in [-0.1, -0.05) is 6.07 Å². The Morgan fingerprint density at radius 2 is 2.16 bits per heavy atom. The van der Waals surface area contributed by atoms with Crippen molar-refractivity contribution in [1.82, 2.24) is 24.4 Å². The van der Waals surface area contributed by atoms with E-state index in [1.165, 1.54) is 0 Å². The zero-order chi connectivity index (χ0) is 21.4. The van der Waals surface area contributed by atoms with Gasteiger partial charge in [0, 0.05) is 32.5 Å². The molecule has 0 saturated carbocycles. The highest BCUT2D eigenvalue weighted by Gasteiger charge is 2.33. The minimum absolute atomic E-state index is 0.0486. The van der Waals surface area contributed by atoms with Crippen LogP contribution < -0.4 is 19.7 Å². The van der Waals surface area contributed by atoms with Gasteiger partial charge in [-0.25, -0.2) is 4.98 Å². The fourth-order valence-electron chi connectivity index (χ4n) is 4.27. The van der Waals surface area contributed by atoms with Crippen LogP contribution in [-0.4, -0.2) is 50.9 Å². The first kappa shape index (κ1) is 19.5. The number of amides is 1. The molecular weight excluding hydrogens is 396 g/mol. The van der Waals surface area contributed by atoms with Crippen molar-refractivity contribution in [1.29, 1.82) is 0 Å². The van der Waals surface area contributed by atoms with E-state index in [2.05, 4.69) is 15.2 Å². The van der Waals surface area contributed by atoms with E-state index in [4.69, 9.17) is 14.5 Å². The molecule has 4 heterocycles. The van der Waals surface area contributed by atoms with E-state index in [-0.39, 0.29) is 18.7 Å². The fraction of sp³-hybridized carbons (Fsp3) is 0.409. The van der Waals surface area contributed by atoms with Crippen molar-refractivity contribution in [3.05, 3.63) is 48.2 Å². The van der Waals surface area contributed by atoms with E-state index < -0.39 is 0 Å². The Bertz CT molecular complexity index is 1090. The molecule has 162 valence electrons. The summed E-state index contributed by atoms with van der Waals surface area (Å²) in [6, 6.07) is 5.70. The van der Waals surface area contributed by atoms with Crippen LogP contribution in [0, 0.1) is 6.92 Å². The molecule has 0 radical (unpaired) electrons. The molecule has 31 heavy (non-hydrogen) atoms. The second kappa shape index (κ2) is 7.98. The van der Waals surface area contributed by atoms with E-state index in [9.17, 15) is 4.79 Å². The van der Waals surface area contributed by atoms with Crippen LogP contribution in [0.1, 0.15) is 24.1 Å². The Morgan fingerprint density at radius 3 is 3.00 bits per heavy atom. The minimum Gasteiger partial charge on any atom is -0.454 e. The monoisotopic (exact) mass is 422 g/mol. The summed E-state index contributed by atoms with van der Waals surface area (Å²) in [5.74, 6) is 3.24. The van der Waals surface area contributed by atoms with Crippen LogP contribution in [0.3, 0.4) is 0 Å². The number of aromatic nitrogens is 4. The second-order valence-corrected chi connectivity index (χ2v) is 7.93. The number of fused-ring (bicyclic) bond motifs is 1. The van der Waals surface area contributed by atoms with Crippen molar-refractivity contribution in [2.24, 2.45) is 7.05 Å². The molecule has 2 aliphatic heterocycles. The van der Waals surface area contributed by atoms with Crippen LogP contribution in [0.2, 0.25) is 0 Å². The number of anilines is 1. The van der Waals surface area contributed by atoms with Gasteiger partial charge in [-0.3, -0.25) is 9.36 Å². The average molecular weight is 422 g/mol. The largest absolute Gasteiger partial charge is 0.454 e. The summed E-state index contributed by atoms with van der Waals surface area (Å²) in [6.07, 6.45) is 7.87. The van der Waals surface area contributed by atoms with Gasteiger partial charge in [-0.15, -0.1) is 0 Å². The molecule has 1 amide bonds. The molecule has 1 fully saturated rings. The molecule has 0 bridgehead atoms. The quantitative estimate of drug-likeness (QED) is 0.654. The minimum atomic E-state index is -0.207. The summed E-state index contributed by atoms with van der Waals surface area (Å²) in [5.41, 5.74) is 2.14. The number of hydrogen-bond donors (Lipinski definition) is 1. The predicted octanol–water partition coefficient (Wildman–Crippen LogP) is 1.97. The molecule has 1 unspecified atom stereocenters. The summed E-state index contributed by atoms with van der Waals surface area (Å²) < 4.78 is 14.7. The molecule has 0 spiro atoms. The van der Waals surface area contributed by atoms with E-state index in [1.807, 2.05) is 47.5 Å². The maximum Gasteiger partial charge on any atom is 0.242 e. The number of benzene rings is 1. The van der Waals surface area contributed by atoms with E-state index in [0.29, 0.717) is 6.54 Å². The number of carbonyl (C=O) groups excluding carboxylic acids is 1. The molecule has 2 aromatic heterocycles. The summed E-state index contributed by atoms with van der Waals surface area (Å²) in [7, 11) is 1.98. The molecule has 9 heteroatoms. The second-order valence-electron chi connectivity index (χ2n) is 7.93. The smallest absolute Gasteiger partial charge is 0.242 e. The summed E-state index contributed by atoms with van der Waals surface area (Å²) >= 11 is 0. The molecule has 9 nitrogen and oxygen atoms in total. The van der Waals surface area contributed by atoms with Gasteiger partial charge in [0.1, 0.15) is 12.4 Å². The molecular formula is C22H26N6O3. The first-order valence-electron chi connectivity index (χ1n) is 10.6. The van der Waals surface area contributed by atoms with Gasteiger partial charge in [0.15, 0.2) is 17.3 Å². The van der Waals surface area contributed by atoms with Gasteiger partial charge in [-0.05, 0) is 43.9 Å². The van der Waals surface area contributed by atoms with Crippen molar-refractivity contribution in [3.8, 4) is 17.4 Å². The lowest BCUT2D eigenvalue weighted by Crippen LogP contribution is -2.44. The van der Waals surface area contributed by atoms with E-state index >= 15 is 0 Å². The Balaban J connectivity index is 1.25. The number of nitrogens with one attached hydrogen (secondary N) is 1. The third kappa shape index (κ3) is 3.60. The number of nitrogens with zero attached hydrogens (tertiary/aromatic N) is 5. The third-order valence-electron chi connectivity index (χ3n) is 6.05. The highest BCUT2D eigenvalue weighted by molar-refractivity contribution is 5.85. The third-order valence-corrected chi connectivity index (χ3v) is 6.05. The fourth-order valence-corrected chi connectivity index (χ4v) is 4.27. The van der Waals surface area contributed by atoms with Crippen molar-refractivity contribution < 1.29 is 14.3 Å². The SMILES string of the molecule is Cc1c(N2CCCC2C(=O)NCCc2ccc3c(c2)OCO3)nc(-n2ccnc2)n1C. The highest BCUT2D eigenvalue weighted by atomic mass is 16.7. The maximum atomic E-state index is 13.0. The Hall–Kier alpha value is -3.49. The number of ether oxygens (including phenoxy) is 2. The van der Waals surface area contributed by atoms with Crippen LogP contribution in [0.25, 0.3) is 5.95 Å². The number of imidazole rings is 2. The normalized spacial score (nSPS) is 17.4. The lowest BCUT2D eigenvalue weighted by atomic mass is 10.1. The predicted molar refractivity (Wildman–Crippen MR) is 115 cm³/mol. The first-order valence-corrected chi connectivity index (χ1v) is 10.6. The van der Waals surface area contributed by atoms with Crippen molar-refractivity contribution in [2.45, 2.75) is 32.2 Å². The van der Waals surface area contributed by atoms with Crippen molar-refractivity contribution in [2.75, 3.05) is 24.8 Å². The van der Waals surface area contributed by atoms with Crippen LogP contribution in [0.4, 0.5) is 5.82 Å². The molecule has 1 aromatic carbocycles. The molecule has 1 saturated heterocycles. The Labute approximate surface area is 180 Å². The highest BCUT2D eigenvalue weighted by Crippen LogP contribution is 2.32. The topological polar surface area (TPSA) is 86.4 Å². The van der Waals surface area contributed by atoms with Gasteiger partial charge in [0.25, 0.3) is 0 Å². The zero-order valence-electron chi connectivity index (χ0n) is 17.7. The van der Waals surface area contributed by atoms with Gasteiger partial charge in [0.2, 0.25) is 18.6 Å². The molecule has 1 N–H and O–H groups in total. The van der Waals surface area contributed by atoms with Crippen molar-refractivity contribution in [3.63, 3.8) is 0 Å². The van der Waals surface area contributed by atoms with Crippen LogP contribution >= 0.6 is 0 Å². The molecule has 2 aliphatic rings. The standard InChI is InChI=1S/C22H26N6O3/c1-15-20(25-22(26(15)2)27-11-9-23-13-27)28-10-3-4-17(28)21(29)24-8-7-16-5-6-18-19(12-16)31-14-30-18/h5-6,9,11-13,17H,3-4,7-8,10,14H2,1-2H3,(H,24,29). The number of hydrogen-bond acceptors (Lipinski definition) is 6. The summed E-state index contributed by atoms with van der Waals surface area (Å²) in [4.78, 5) is 24.1. The number of carbonyl (C=O) groups is 1. The van der Waals surface area contributed by atoms with Crippen LogP contribution in [-0.2, 0) is 18.3 Å². The molecule has 1 atom stereocenters. The number of rotatable bonds is 6. The van der Waals surface area contributed by atoms with Gasteiger partial charge >= 0.3 is 0 Å².